The second kappa shape index (κ2) is 10.2. The minimum Gasteiger partial charge on any atom is -0.445 e. The van der Waals surface area contributed by atoms with Crippen LogP contribution in [0.1, 0.15) is 24.5 Å². The number of rotatable bonds is 6. The third kappa shape index (κ3) is 5.71. The minimum absolute atomic E-state index is 0.155. The number of ether oxygens (including phenoxy) is 2. The first-order valence-corrected chi connectivity index (χ1v) is 11.0. The van der Waals surface area contributed by atoms with Crippen molar-refractivity contribution in [1.29, 1.82) is 0 Å². The van der Waals surface area contributed by atoms with Crippen LogP contribution in [0, 0.1) is 0 Å². The van der Waals surface area contributed by atoms with Crippen molar-refractivity contribution in [2.45, 2.75) is 26.1 Å². The molecule has 2 aliphatic heterocycles. The van der Waals surface area contributed by atoms with Gasteiger partial charge in [0, 0.05) is 25.7 Å². The van der Waals surface area contributed by atoms with E-state index in [0.29, 0.717) is 26.2 Å². The van der Waals surface area contributed by atoms with Crippen LogP contribution >= 0.6 is 0 Å². The molecule has 0 saturated carbocycles. The second-order valence-electron chi connectivity index (χ2n) is 8.07. The van der Waals surface area contributed by atoms with Gasteiger partial charge in [0.25, 0.3) is 0 Å². The van der Waals surface area contributed by atoms with Crippen LogP contribution < -0.4 is 10.2 Å². The molecular formula is C25H27N3O5. The topological polar surface area (TPSA) is 88.2 Å². The van der Waals surface area contributed by atoms with E-state index in [0.717, 1.165) is 28.8 Å². The lowest BCUT2D eigenvalue weighted by Crippen LogP contribution is -2.35. The van der Waals surface area contributed by atoms with E-state index in [1.165, 1.54) is 6.92 Å². The Morgan fingerprint density at radius 3 is 2.55 bits per heavy atom. The standard InChI is InChI=1S/C25H27N3O5/c1-18(29)26-15-23-16-28(25(31)33-23)22-9-7-20(8-10-22)21-11-13-27(14-12-21)24(30)32-17-19-5-3-2-4-6-19/h2-11,23H,12-17H2,1H3,(H,26,29). The number of nitrogens with one attached hydrogen (secondary N) is 1. The molecule has 1 unspecified atom stereocenters. The van der Waals surface area contributed by atoms with Crippen LogP contribution in [0.3, 0.4) is 0 Å². The number of carbonyl (C=O) groups excluding carboxylic acids is 3. The highest BCUT2D eigenvalue weighted by Gasteiger charge is 2.32. The van der Waals surface area contributed by atoms with Gasteiger partial charge in [-0.15, -0.1) is 0 Å². The molecule has 2 aliphatic rings. The molecular weight excluding hydrogens is 422 g/mol. The van der Waals surface area contributed by atoms with Gasteiger partial charge in [-0.25, -0.2) is 9.59 Å². The molecule has 1 atom stereocenters. The van der Waals surface area contributed by atoms with Crippen molar-refractivity contribution in [2.24, 2.45) is 0 Å². The number of cyclic esters (lactones) is 1. The van der Waals surface area contributed by atoms with E-state index in [1.807, 2.05) is 60.7 Å². The molecule has 2 aromatic rings. The predicted molar refractivity (Wildman–Crippen MR) is 124 cm³/mol. The van der Waals surface area contributed by atoms with Gasteiger partial charge in [-0.3, -0.25) is 9.69 Å². The van der Waals surface area contributed by atoms with Crippen LogP contribution in [0.15, 0.2) is 60.7 Å². The molecule has 172 valence electrons. The summed E-state index contributed by atoms with van der Waals surface area (Å²) in [5.74, 6) is -0.155. The summed E-state index contributed by atoms with van der Waals surface area (Å²) in [7, 11) is 0. The first-order chi connectivity index (χ1) is 16.0. The van der Waals surface area contributed by atoms with Crippen LogP contribution in [0.4, 0.5) is 15.3 Å². The molecule has 3 amide bonds. The summed E-state index contributed by atoms with van der Waals surface area (Å²) in [4.78, 5) is 38.9. The maximum Gasteiger partial charge on any atom is 0.414 e. The van der Waals surface area contributed by atoms with Crippen LogP contribution in [0.2, 0.25) is 0 Å². The van der Waals surface area contributed by atoms with Crippen molar-refractivity contribution in [2.75, 3.05) is 31.1 Å². The van der Waals surface area contributed by atoms with E-state index in [9.17, 15) is 14.4 Å². The Hall–Kier alpha value is -3.81. The molecule has 33 heavy (non-hydrogen) atoms. The van der Waals surface area contributed by atoms with Gasteiger partial charge < -0.3 is 19.7 Å². The summed E-state index contributed by atoms with van der Waals surface area (Å²) in [5, 5.41) is 2.67. The molecule has 0 aromatic heterocycles. The van der Waals surface area contributed by atoms with Crippen molar-refractivity contribution in [3.63, 3.8) is 0 Å². The summed E-state index contributed by atoms with van der Waals surface area (Å²) in [6, 6.07) is 17.3. The van der Waals surface area contributed by atoms with E-state index in [4.69, 9.17) is 9.47 Å². The fourth-order valence-electron chi connectivity index (χ4n) is 3.86. The van der Waals surface area contributed by atoms with Crippen molar-refractivity contribution < 1.29 is 23.9 Å². The molecule has 2 aromatic carbocycles. The van der Waals surface area contributed by atoms with E-state index in [-0.39, 0.29) is 24.7 Å². The smallest absolute Gasteiger partial charge is 0.414 e. The van der Waals surface area contributed by atoms with Crippen molar-refractivity contribution in [3.8, 4) is 0 Å². The highest BCUT2D eigenvalue weighted by atomic mass is 16.6. The molecule has 0 spiro atoms. The predicted octanol–water partition coefficient (Wildman–Crippen LogP) is 3.57. The van der Waals surface area contributed by atoms with E-state index < -0.39 is 6.09 Å². The Morgan fingerprint density at radius 2 is 1.88 bits per heavy atom. The van der Waals surface area contributed by atoms with Crippen molar-refractivity contribution >= 4 is 29.4 Å². The van der Waals surface area contributed by atoms with Gasteiger partial charge in [0.05, 0.1) is 13.1 Å². The number of amides is 3. The monoisotopic (exact) mass is 449 g/mol. The third-order valence-corrected chi connectivity index (χ3v) is 5.67. The lowest BCUT2D eigenvalue weighted by Gasteiger charge is -2.26. The fourth-order valence-corrected chi connectivity index (χ4v) is 3.86. The SMILES string of the molecule is CC(=O)NCC1CN(c2ccc(C3=CCN(C(=O)OCc4ccccc4)CC3)cc2)C(=O)O1. The molecule has 4 rings (SSSR count). The van der Waals surface area contributed by atoms with Crippen molar-refractivity contribution in [1.82, 2.24) is 10.2 Å². The molecule has 8 nitrogen and oxygen atoms in total. The summed E-state index contributed by atoms with van der Waals surface area (Å²) in [6.45, 7) is 3.46. The Bertz CT molecular complexity index is 1040. The molecule has 2 heterocycles. The molecule has 1 N–H and O–H groups in total. The van der Waals surface area contributed by atoms with Gasteiger partial charge in [0.2, 0.25) is 5.91 Å². The lowest BCUT2D eigenvalue weighted by molar-refractivity contribution is -0.119. The van der Waals surface area contributed by atoms with Gasteiger partial charge in [0.15, 0.2) is 0 Å². The van der Waals surface area contributed by atoms with Crippen molar-refractivity contribution in [3.05, 3.63) is 71.8 Å². The largest absolute Gasteiger partial charge is 0.445 e. The maximum absolute atomic E-state index is 12.3. The average molecular weight is 450 g/mol. The molecule has 0 aliphatic carbocycles. The number of nitrogens with zero attached hydrogens (tertiary/aromatic N) is 2. The number of anilines is 1. The van der Waals surface area contributed by atoms with Gasteiger partial charge in [-0.1, -0.05) is 48.5 Å². The number of carbonyl (C=O) groups is 3. The third-order valence-electron chi connectivity index (χ3n) is 5.67. The summed E-state index contributed by atoms with van der Waals surface area (Å²) in [6.07, 6.45) is 1.67. The van der Waals surface area contributed by atoms with Crippen LogP contribution in [0.5, 0.6) is 0 Å². The van der Waals surface area contributed by atoms with E-state index in [2.05, 4.69) is 5.32 Å². The highest BCUT2D eigenvalue weighted by molar-refractivity contribution is 5.90. The second-order valence-corrected chi connectivity index (χ2v) is 8.07. The normalized spacial score (nSPS) is 17.9. The summed E-state index contributed by atoms with van der Waals surface area (Å²) >= 11 is 0. The van der Waals surface area contributed by atoms with E-state index >= 15 is 0 Å². The number of benzene rings is 2. The van der Waals surface area contributed by atoms with Crippen LogP contribution in [-0.4, -0.2) is 55.3 Å². The maximum atomic E-state index is 12.3. The zero-order valence-electron chi connectivity index (χ0n) is 18.5. The summed E-state index contributed by atoms with van der Waals surface area (Å²) < 4.78 is 10.7. The zero-order valence-corrected chi connectivity index (χ0v) is 18.5. The highest BCUT2D eigenvalue weighted by Crippen LogP contribution is 2.27. The first-order valence-electron chi connectivity index (χ1n) is 11.0. The zero-order chi connectivity index (χ0) is 23.2. The minimum atomic E-state index is -0.417. The fraction of sp³-hybridized carbons (Fsp3) is 0.320. The Labute approximate surface area is 192 Å². The first kappa shape index (κ1) is 22.4. The molecule has 1 saturated heterocycles. The van der Waals surface area contributed by atoms with Gasteiger partial charge in [-0.2, -0.15) is 0 Å². The quantitative estimate of drug-likeness (QED) is 0.728. The van der Waals surface area contributed by atoms with Gasteiger partial charge in [0.1, 0.15) is 12.7 Å². The number of hydrogen-bond acceptors (Lipinski definition) is 5. The Balaban J connectivity index is 1.30. The molecule has 8 heteroatoms. The number of hydrogen-bond donors (Lipinski definition) is 1. The molecule has 0 radical (unpaired) electrons. The van der Waals surface area contributed by atoms with E-state index in [1.54, 1.807) is 9.80 Å². The summed E-state index contributed by atoms with van der Waals surface area (Å²) in [5.41, 5.74) is 3.92. The molecule has 1 fully saturated rings. The van der Waals surface area contributed by atoms with Crippen LogP contribution in [0.25, 0.3) is 5.57 Å². The van der Waals surface area contributed by atoms with Gasteiger partial charge >= 0.3 is 12.2 Å². The lowest BCUT2D eigenvalue weighted by atomic mass is 9.99. The van der Waals surface area contributed by atoms with Gasteiger partial charge in [-0.05, 0) is 35.3 Å². The average Bonchev–Trinajstić information content (AvgIpc) is 3.22. The van der Waals surface area contributed by atoms with Crippen LogP contribution in [-0.2, 0) is 20.9 Å². The Kier molecular flexibility index (Phi) is 6.92. The Morgan fingerprint density at radius 1 is 1.12 bits per heavy atom. The molecule has 0 bridgehead atoms.